The van der Waals surface area contributed by atoms with E-state index in [1.165, 1.54) is 12.5 Å². The number of rotatable bonds is 7. The van der Waals surface area contributed by atoms with Gasteiger partial charge < -0.3 is 9.84 Å². The molecule has 1 atom stereocenters. The van der Waals surface area contributed by atoms with Crippen LogP contribution in [0.3, 0.4) is 0 Å². The van der Waals surface area contributed by atoms with E-state index < -0.39 is 17.4 Å². The average Bonchev–Trinajstić information content (AvgIpc) is 2.43. The molecule has 19 heavy (non-hydrogen) atoms. The van der Waals surface area contributed by atoms with Gasteiger partial charge in [-0.25, -0.2) is 0 Å². The molecule has 0 aliphatic heterocycles. The summed E-state index contributed by atoms with van der Waals surface area (Å²) in [6, 6.07) is 9.88. The molecule has 1 aromatic carbocycles. The lowest BCUT2D eigenvalue weighted by atomic mass is 9.88. The number of hydrogen-bond acceptors (Lipinski definition) is 3. The Balaban J connectivity index is 2.37. The molecule has 1 aromatic rings. The van der Waals surface area contributed by atoms with Crippen LogP contribution >= 0.6 is 0 Å². The third-order valence-corrected chi connectivity index (χ3v) is 3.32. The number of ether oxygens (including phenoxy) is 1. The highest BCUT2D eigenvalue weighted by Gasteiger charge is 2.41. The molecule has 1 unspecified atom stereocenters. The first kappa shape index (κ1) is 15.2. The van der Waals surface area contributed by atoms with Gasteiger partial charge in [-0.2, -0.15) is 0 Å². The van der Waals surface area contributed by atoms with Crippen molar-refractivity contribution >= 4 is 11.9 Å². The number of aryl methyl sites for hydroxylation is 1. The molecule has 0 amide bonds. The summed E-state index contributed by atoms with van der Waals surface area (Å²) in [6.07, 6.45) is 1.72. The molecule has 0 aliphatic rings. The van der Waals surface area contributed by atoms with Crippen LogP contribution in [0.25, 0.3) is 0 Å². The van der Waals surface area contributed by atoms with Crippen molar-refractivity contribution in [1.29, 1.82) is 0 Å². The number of benzene rings is 1. The lowest BCUT2D eigenvalue weighted by Gasteiger charge is -2.20. The van der Waals surface area contributed by atoms with Gasteiger partial charge in [0, 0.05) is 0 Å². The molecule has 0 saturated heterocycles. The van der Waals surface area contributed by atoms with E-state index in [2.05, 4.69) is 0 Å². The monoisotopic (exact) mass is 264 g/mol. The van der Waals surface area contributed by atoms with Crippen molar-refractivity contribution in [2.24, 2.45) is 5.41 Å². The lowest BCUT2D eigenvalue weighted by Crippen LogP contribution is -2.37. The summed E-state index contributed by atoms with van der Waals surface area (Å²) in [7, 11) is 0. The summed E-state index contributed by atoms with van der Waals surface area (Å²) in [5.41, 5.74) is -0.262. The normalized spacial score (nSPS) is 13.6. The largest absolute Gasteiger partial charge is 0.480 e. The number of hydrogen-bond donors (Lipinski definition) is 1. The van der Waals surface area contributed by atoms with Gasteiger partial charge in [-0.05, 0) is 31.7 Å². The second-order valence-corrected chi connectivity index (χ2v) is 4.72. The van der Waals surface area contributed by atoms with Crippen LogP contribution in [0.1, 0.15) is 32.3 Å². The van der Waals surface area contributed by atoms with E-state index in [-0.39, 0.29) is 13.0 Å². The molecule has 0 saturated carbocycles. The molecule has 0 bridgehead atoms. The molecule has 4 heteroatoms. The van der Waals surface area contributed by atoms with Crippen LogP contribution in [0.4, 0.5) is 0 Å². The van der Waals surface area contributed by atoms with E-state index in [0.717, 1.165) is 6.42 Å². The average molecular weight is 264 g/mol. The lowest BCUT2D eigenvalue weighted by molar-refractivity contribution is -0.167. The quantitative estimate of drug-likeness (QED) is 0.467. The molecule has 0 heterocycles. The van der Waals surface area contributed by atoms with Crippen molar-refractivity contribution in [3.05, 3.63) is 35.9 Å². The van der Waals surface area contributed by atoms with Crippen molar-refractivity contribution in [3.8, 4) is 0 Å². The Labute approximate surface area is 113 Å². The highest BCUT2D eigenvalue weighted by atomic mass is 16.5. The van der Waals surface area contributed by atoms with Crippen molar-refractivity contribution in [2.45, 2.75) is 33.1 Å². The van der Waals surface area contributed by atoms with Gasteiger partial charge in [-0.1, -0.05) is 37.3 Å². The Morgan fingerprint density at radius 1 is 1.26 bits per heavy atom. The smallest absolute Gasteiger partial charge is 0.323 e. The fraction of sp³-hybridized carbons (Fsp3) is 0.467. The molecule has 0 spiro atoms. The molecule has 104 valence electrons. The van der Waals surface area contributed by atoms with Crippen molar-refractivity contribution in [2.75, 3.05) is 6.61 Å². The van der Waals surface area contributed by atoms with Gasteiger partial charge in [-0.15, -0.1) is 0 Å². The summed E-state index contributed by atoms with van der Waals surface area (Å²) >= 11 is 0. The van der Waals surface area contributed by atoms with E-state index in [9.17, 15) is 9.59 Å². The predicted molar refractivity (Wildman–Crippen MR) is 71.8 cm³/mol. The minimum absolute atomic E-state index is 0.222. The SMILES string of the molecule is CCC(C)(C(=O)O)C(=O)OCCCc1ccccc1. The van der Waals surface area contributed by atoms with E-state index in [4.69, 9.17) is 9.84 Å². The van der Waals surface area contributed by atoms with Crippen LogP contribution in [-0.2, 0) is 20.7 Å². The second kappa shape index (κ2) is 6.92. The Bertz CT molecular complexity index is 427. The molecular weight excluding hydrogens is 244 g/mol. The number of carboxylic acid groups (broad SMARTS) is 1. The number of carbonyl (C=O) groups is 2. The number of aliphatic carboxylic acids is 1. The van der Waals surface area contributed by atoms with Crippen molar-refractivity contribution < 1.29 is 19.4 Å². The predicted octanol–water partition coefficient (Wildman–Crippen LogP) is 2.66. The zero-order valence-electron chi connectivity index (χ0n) is 11.4. The summed E-state index contributed by atoms with van der Waals surface area (Å²) in [5, 5.41) is 9.04. The second-order valence-electron chi connectivity index (χ2n) is 4.72. The van der Waals surface area contributed by atoms with Crippen LogP contribution in [0.5, 0.6) is 0 Å². The summed E-state index contributed by atoms with van der Waals surface area (Å²) in [4.78, 5) is 22.8. The minimum atomic E-state index is -1.44. The Morgan fingerprint density at radius 3 is 2.42 bits per heavy atom. The van der Waals surface area contributed by atoms with E-state index in [0.29, 0.717) is 6.42 Å². The Morgan fingerprint density at radius 2 is 1.89 bits per heavy atom. The molecule has 4 nitrogen and oxygen atoms in total. The summed E-state index contributed by atoms with van der Waals surface area (Å²) < 4.78 is 5.06. The van der Waals surface area contributed by atoms with E-state index in [1.54, 1.807) is 6.92 Å². The van der Waals surface area contributed by atoms with Crippen LogP contribution in [-0.4, -0.2) is 23.7 Å². The van der Waals surface area contributed by atoms with Crippen LogP contribution < -0.4 is 0 Å². The number of carbonyl (C=O) groups excluding carboxylic acids is 1. The zero-order chi connectivity index (χ0) is 14.3. The van der Waals surface area contributed by atoms with Crippen LogP contribution in [0.2, 0.25) is 0 Å². The maximum Gasteiger partial charge on any atom is 0.323 e. The van der Waals surface area contributed by atoms with Gasteiger partial charge in [0.15, 0.2) is 5.41 Å². The third kappa shape index (κ3) is 4.09. The molecule has 0 aliphatic carbocycles. The fourth-order valence-corrected chi connectivity index (χ4v) is 1.63. The molecule has 0 radical (unpaired) electrons. The molecule has 0 aromatic heterocycles. The van der Waals surface area contributed by atoms with Crippen LogP contribution in [0.15, 0.2) is 30.3 Å². The van der Waals surface area contributed by atoms with E-state index >= 15 is 0 Å². The van der Waals surface area contributed by atoms with Gasteiger partial charge in [0.25, 0.3) is 0 Å². The van der Waals surface area contributed by atoms with Gasteiger partial charge in [0.2, 0.25) is 0 Å². The van der Waals surface area contributed by atoms with Gasteiger partial charge in [0.05, 0.1) is 6.61 Å². The number of carboxylic acids is 1. The first-order valence-corrected chi connectivity index (χ1v) is 6.45. The van der Waals surface area contributed by atoms with Crippen molar-refractivity contribution in [1.82, 2.24) is 0 Å². The third-order valence-electron chi connectivity index (χ3n) is 3.32. The van der Waals surface area contributed by atoms with Crippen molar-refractivity contribution in [3.63, 3.8) is 0 Å². The summed E-state index contributed by atoms with van der Waals surface area (Å²) in [6.45, 7) is 3.31. The molecule has 1 N–H and O–H groups in total. The van der Waals surface area contributed by atoms with Gasteiger partial charge >= 0.3 is 11.9 Å². The Hall–Kier alpha value is -1.84. The molecular formula is C15H20O4. The topological polar surface area (TPSA) is 63.6 Å². The summed E-state index contributed by atoms with van der Waals surface area (Å²) in [5.74, 6) is -1.79. The maximum atomic E-state index is 11.7. The number of esters is 1. The minimum Gasteiger partial charge on any atom is -0.480 e. The molecule has 1 rings (SSSR count). The standard InChI is InChI=1S/C15H20O4/c1-3-15(2,13(16)17)14(18)19-11-7-10-12-8-5-4-6-9-12/h4-6,8-9H,3,7,10-11H2,1-2H3,(H,16,17). The maximum absolute atomic E-state index is 11.7. The highest BCUT2D eigenvalue weighted by molar-refractivity contribution is 5.98. The van der Waals surface area contributed by atoms with Gasteiger partial charge in [-0.3, -0.25) is 9.59 Å². The molecule has 0 fully saturated rings. The van der Waals surface area contributed by atoms with Crippen LogP contribution in [0, 0.1) is 5.41 Å². The first-order valence-electron chi connectivity index (χ1n) is 6.45. The zero-order valence-corrected chi connectivity index (χ0v) is 11.4. The van der Waals surface area contributed by atoms with E-state index in [1.807, 2.05) is 30.3 Å². The Kier molecular flexibility index (Phi) is 5.55. The first-order chi connectivity index (χ1) is 9.00. The highest BCUT2D eigenvalue weighted by Crippen LogP contribution is 2.23. The van der Waals surface area contributed by atoms with Gasteiger partial charge in [0.1, 0.15) is 0 Å². The fourth-order valence-electron chi connectivity index (χ4n) is 1.63.